The molecule has 4 rings (SSSR count). The molecule has 0 amide bonds. The van der Waals surface area contributed by atoms with E-state index in [0.717, 1.165) is 6.42 Å². The molecule has 4 bridgehead atoms. The Morgan fingerprint density at radius 3 is 2.17 bits per heavy atom. The van der Waals surface area contributed by atoms with Crippen LogP contribution in [0.4, 0.5) is 0 Å². The van der Waals surface area contributed by atoms with Crippen LogP contribution in [0.1, 0.15) is 34.1 Å². The van der Waals surface area contributed by atoms with Crippen LogP contribution < -0.4 is 0 Å². The molecule has 0 saturated carbocycles. The lowest BCUT2D eigenvalue weighted by atomic mass is 9.60. The first-order valence-corrected chi connectivity index (χ1v) is 7.43. The van der Waals surface area contributed by atoms with Crippen LogP contribution >= 0.6 is 0 Å². The fourth-order valence-corrected chi connectivity index (χ4v) is 5.25. The highest BCUT2D eigenvalue weighted by Gasteiger charge is 2.69. The van der Waals surface area contributed by atoms with Crippen molar-refractivity contribution in [3.05, 3.63) is 0 Å². The third-order valence-electron chi connectivity index (χ3n) is 6.31. The number of ether oxygens (including phenoxy) is 2. The van der Waals surface area contributed by atoms with Gasteiger partial charge in [-0.25, -0.2) is 0 Å². The third kappa shape index (κ3) is 1.21. The Kier molecular flexibility index (Phi) is 2.15. The lowest BCUT2D eigenvalue weighted by Gasteiger charge is -2.41. The number of fused-ring (bicyclic) bond motifs is 9. The molecule has 3 nitrogen and oxygen atoms in total. The van der Waals surface area contributed by atoms with Gasteiger partial charge in [-0.2, -0.15) is 0 Å². The van der Waals surface area contributed by atoms with E-state index in [4.69, 9.17) is 9.47 Å². The van der Waals surface area contributed by atoms with Crippen molar-refractivity contribution >= 4 is 0 Å². The molecule has 0 radical (unpaired) electrons. The standard InChI is InChI=1S/C15H24O3/c1-6-7(2)13-11-10(12(6)18-13)9-5-8(14(11)17-9)15(3,4)16/h6-14,16H,5H2,1-4H3. The second kappa shape index (κ2) is 3.31. The molecule has 9 unspecified atom stereocenters. The molecule has 4 aliphatic rings. The summed E-state index contributed by atoms with van der Waals surface area (Å²) in [5.74, 6) is 2.73. The van der Waals surface area contributed by atoms with Crippen molar-refractivity contribution in [3.63, 3.8) is 0 Å². The zero-order chi connectivity index (χ0) is 12.8. The molecule has 0 spiro atoms. The Labute approximate surface area is 109 Å². The smallest absolute Gasteiger partial charge is 0.0693 e. The SMILES string of the molecule is CC1C(C)C2OC1C1C3CC(C(C)(C)O)C(O3)C21. The minimum absolute atomic E-state index is 0.227. The molecular formula is C15H24O3. The van der Waals surface area contributed by atoms with Gasteiger partial charge in [0.25, 0.3) is 0 Å². The van der Waals surface area contributed by atoms with Crippen LogP contribution in [0.25, 0.3) is 0 Å². The molecule has 18 heavy (non-hydrogen) atoms. The highest BCUT2D eigenvalue weighted by atomic mass is 16.5. The van der Waals surface area contributed by atoms with E-state index in [2.05, 4.69) is 13.8 Å². The summed E-state index contributed by atoms with van der Waals surface area (Å²) in [5, 5.41) is 10.3. The molecule has 0 aromatic rings. The summed E-state index contributed by atoms with van der Waals surface area (Å²) in [7, 11) is 0. The van der Waals surface area contributed by atoms with Gasteiger partial charge < -0.3 is 14.6 Å². The highest BCUT2D eigenvalue weighted by Crippen LogP contribution is 2.62. The lowest BCUT2D eigenvalue weighted by molar-refractivity contribution is -0.0499. The lowest BCUT2D eigenvalue weighted by Crippen LogP contribution is -2.50. The summed E-state index contributed by atoms with van der Waals surface area (Å²) in [6.45, 7) is 8.50. The summed E-state index contributed by atoms with van der Waals surface area (Å²) in [6.07, 6.45) is 2.36. The predicted molar refractivity (Wildman–Crippen MR) is 67.0 cm³/mol. The molecule has 4 aliphatic heterocycles. The number of hydrogen-bond donors (Lipinski definition) is 1. The predicted octanol–water partition coefficient (Wildman–Crippen LogP) is 1.83. The van der Waals surface area contributed by atoms with Crippen LogP contribution in [0.2, 0.25) is 0 Å². The molecule has 3 heteroatoms. The van der Waals surface area contributed by atoms with Crippen molar-refractivity contribution < 1.29 is 14.6 Å². The van der Waals surface area contributed by atoms with Crippen LogP contribution in [0.5, 0.6) is 0 Å². The minimum atomic E-state index is -0.624. The molecule has 9 atom stereocenters. The first kappa shape index (κ1) is 11.7. The first-order valence-electron chi connectivity index (χ1n) is 7.43. The monoisotopic (exact) mass is 252 g/mol. The number of hydrogen-bond acceptors (Lipinski definition) is 3. The van der Waals surface area contributed by atoms with Crippen molar-refractivity contribution in [1.29, 1.82) is 0 Å². The Hall–Kier alpha value is -0.120. The third-order valence-corrected chi connectivity index (χ3v) is 6.31. The van der Waals surface area contributed by atoms with Gasteiger partial charge in [-0.15, -0.1) is 0 Å². The van der Waals surface area contributed by atoms with E-state index < -0.39 is 5.60 Å². The Morgan fingerprint density at radius 1 is 0.944 bits per heavy atom. The van der Waals surface area contributed by atoms with Gasteiger partial charge in [-0.3, -0.25) is 0 Å². The zero-order valence-corrected chi connectivity index (χ0v) is 11.7. The fraction of sp³-hybridized carbons (Fsp3) is 1.00. The summed E-state index contributed by atoms with van der Waals surface area (Å²) in [6, 6.07) is 0. The quantitative estimate of drug-likeness (QED) is 0.774. The van der Waals surface area contributed by atoms with Crippen LogP contribution in [-0.4, -0.2) is 35.1 Å². The molecule has 0 aliphatic carbocycles. The molecule has 1 N–H and O–H groups in total. The molecular weight excluding hydrogens is 228 g/mol. The van der Waals surface area contributed by atoms with Crippen LogP contribution in [0, 0.1) is 29.6 Å². The van der Waals surface area contributed by atoms with Crippen molar-refractivity contribution in [3.8, 4) is 0 Å². The summed E-state index contributed by atoms with van der Waals surface area (Å²) >= 11 is 0. The second-order valence-corrected chi connectivity index (χ2v) is 7.57. The second-order valence-electron chi connectivity index (χ2n) is 7.57. The Balaban J connectivity index is 1.66. The van der Waals surface area contributed by atoms with E-state index in [0.29, 0.717) is 42.0 Å². The number of rotatable bonds is 1. The maximum absolute atomic E-state index is 10.3. The van der Waals surface area contributed by atoms with Gasteiger partial charge in [0.1, 0.15) is 0 Å². The molecule has 4 saturated heterocycles. The van der Waals surface area contributed by atoms with Gasteiger partial charge in [-0.1, -0.05) is 13.8 Å². The topological polar surface area (TPSA) is 38.7 Å². The molecule has 0 aromatic carbocycles. The summed E-state index contributed by atoms with van der Waals surface area (Å²) in [4.78, 5) is 0. The van der Waals surface area contributed by atoms with E-state index >= 15 is 0 Å². The zero-order valence-electron chi connectivity index (χ0n) is 11.7. The van der Waals surface area contributed by atoms with E-state index in [1.54, 1.807) is 0 Å². The van der Waals surface area contributed by atoms with E-state index in [-0.39, 0.29) is 12.0 Å². The maximum Gasteiger partial charge on any atom is 0.0693 e. The first-order chi connectivity index (χ1) is 8.39. The van der Waals surface area contributed by atoms with Gasteiger partial charge >= 0.3 is 0 Å². The van der Waals surface area contributed by atoms with Crippen molar-refractivity contribution in [2.45, 2.75) is 64.1 Å². The fourth-order valence-electron chi connectivity index (χ4n) is 5.25. The molecule has 4 fully saturated rings. The van der Waals surface area contributed by atoms with Gasteiger partial charge in [0.05, 0.1) is 30.0 Å². The largest absolute Gasteiger partial charge is 0.390 e. The van der Waals surface area contributed by atoms with Gasteiger partial charge in [0.15, 0.2) is 0 Å². The average Bonchev–Trinajstić information content (AvgIpc) is 2.97. The van der Waals surface area contributed by atoms with Crippen molar-refractivity contribution in [1.82, 2.24) is 0 Å². The summed E-state index contributed by atoms with van der Waals surface area (Å²) < 4.78 is 12.5. The molecule has 4 heterocycles. The van der Waals surface area contributed by atoms with E-state index in [9.17, 15) is 5.11 Å². The molecule has 0 aromatic heterocycles. The normalized spacial score (nSPS) is 61.5. The highest BCUT2D eigenvalue weighted by molar-refractivity contribution is 5.16. The van der Waals surface area contributed by atoms with E-state index in [1.165, 1.54) is 0 Å². The van der Waals surface area contributed by atoms with E-state index in [1.807, 2.05) is 13.8 Å². The van der Waals surface area contributed by atoms with Crippen LogP contribution in [0.15, 0.2) is 0 Å². The Morgan fingerprint density at radius 2 is 1.56 bits per heavy atom. The van der Waals surface area contributed by atoms with Crippen molar-refractivity contribution in [2.24, 2.45) is 29.6 Å². The van der Waals surface area contributed by atoms with Gasteiger partial charge in [0.2, 0.25) is 0 Å². The summed E-state index contributed by atoms with van der Waals surface area (Å²) in [5.41, 5.74) is -0.624. The number of aliphatic hydroxyl groups is 1. The molecule has 102 valence electrons. The van der Waals surface area contributed by atoms with Crippen LogP contribution in [-0.2, 0) is 9.47 Å². The average molecular weight is 252 g/mol. The maximum atomic E-state index is 10.3. The minimum Gasteiger partial charge on any atom is -0.390 e. The van der Waals surface area contributed by atoms with Crippen molar-refractivity contribution in [2.75, 3.05) is 0 Å². The van der Waals surface area contributed by atoms with Gasteiger partial charge in [-0.05, 0) is 32.1 Å². The van der Waals surface area contributed by atoms with Gasteiger partial charge in [0, 0.05) is 17.8 Å². The Bertz CT molecular complexity index is 374. The van der Waals surface area contributed by atoms with Crippen LogP contribution in [0.3, 0.4) is 0 Å².